The molecule has 3 unspecified atom stereocenters. The summed E-state index contributed by atoms with van der Waals surface area (Å²) in [7, 11) is 0. The highest BCUT2D eigenvalue weighted by atomic mass is 35.5. The number of rotatable bonds is 3. The van der Waals surface area contributed by atoms with Crippen LogP contribution in [0.5, 0.6) is 0 Å². The van der Waals surface area contributed by atoms with Gasteiger partial charge < -0.3 is 5.32 Å². The number of non-ortho nitro benzene ring substituents is 1. The fourth-order valence-electron chi connectivity index (χ4n) is 3.89. The fraction of sp³-hybridized carbons (Fsp3) is 0.222. The molecule has 1 aliphatic carbocycles. The number of anilines is 1. The maximum Gasteiger partial charge on any atom is 0.288 e. The molecule has 3 atom stereocenters. The molecular weight excluding hydrogens is 358 g/mol. The van der Waals surface area contributed by atoms with E-state index in [9.17, 15) is 20.2 Å². The van der Waals surface area contributed by atoms with Gasteiger partial charge in [-0.2, -0.15) is 0 Å². The van der Waals surface area contributed by atoms with Crippen LogP contribution in [0, 0.1) is 26.1 Å². The summed E-state index contributed by atoms with van der Waals surface area (Å²) in [6, 6.07) is 9.47. The Morgan fingerprint density at radius 2 is 1.88 bits per heavy atom. The highest BCUT2D eigenvalue weighted by molar-refractivity contribution is 6.32. The zero-order valence-electron chi connectivity index (χ0n) is 13.5. The van der Waals surface area contributed by atoms with E-state index in [4.69, 9.17) is 11.6 Å². The zero-order chi connectivity index (χ0) is 18.4. The van der Waals surface area contributed by atoms with Gasteiger partial charge in [-0.3, -0.25) is 20.2 Å². The third kappa shape index (κ3) is 2.61. The first-order valence-electron chi connectivity index (χ1n) is 8.11. The highest BCUT2D eigenvalue weighted by Gasteiger charge is 2.39. The van der Waals surface area contributed by atoms with Gasteiger partial charge in [-0.05, 0) is 35.6 Å². The number of hydrogen-bond donors (Lipinski definition) is 1. The van der Waals surface area contributed by atoms with Crippen molar-refractivity contribution in [1.29, 1.82) is 0 Å². The summed E-state index contributed by atoms with van der Waals surface area (Å²) >= 11 is 5.93. The van der Waals surface area contributed by atoms with Crippen LogP contribution in [0.15, 0.2) is 48.6 Å². The molecule has 2 aromatic carbocycles. The number of fused-ring (bicyclic) bond motifs is 3. The summed E-state index contributed by atoms with van der Waals surface area (Å²) in [5.74, 6) is 0.163. The number of hydrogen-bond acceptors (Lipinski definition) is 5. The Morgan fingerprint density at radius 1 is 1.08 bits per heavy atom. The molecular formula is C18H14ClN3O4. The van der Waals surface area contributed by atoms with Crippen LogP contribution in [0.2, 0.25) is 5.02 Å². The van der Waals surface area contributed by atoms with E-state index in [1.54, 1.807) is 24.3 Å². The lowest BCUT2D eigenvalue weighted by molar-refractivity contribution is -0.385. The summed E-state index contributed by atoms with van der Waals surface area (Å²) in [6.45, 7) is 0. The Kier molecular flexibility index (Phi) is 3.88. The van der Waals surface area contributed by atoms with E-state index in [0.717, 1.165) is 23.2 Å². The summed E-state index contributed by atoms with van der Waals surface area (Å²) in [6.07, 6.45) is 4.91. The van der Waals surface area contributed by atoms with E-state index in [2.05, 4.69) is 17.5 Å². The van der Waals surface area contributed by atoms with E-state index in [1.165, 1.54) is 12.1 Å². The van der Waals surface area contributed by atoms with Gasteiger partial charge in [-0.25, -0.2) is 0 Å². The van der Waals surface area contributed by atoms with Gasteiger partial charge in [0, 0.05) is 29.8 Å². The van der Waals surface area contributed by atoms with Gasteiger partial charge in [0.1, 0.15) is 5.02 Å². The van der Waals surface area contributed by atoms with E-state index in [1.807, 2.05) is 0 Å². The summed E-state index contributed by atoms with van der Waals surface area (Å²) in [5.41, 5.74) is 2.42. The molecule has 1 heterocycles. The summed E-state index contributed by atoms with van der Waals surface area (Å²) in [5, 5.41) is 25.8. The Morgan fingerprint density at radius 3 is 2.62 bits per heavy atom. The molecule has 0 spiro atoms. The normalized spacial score (nSPS) is 23.0. The minimum absolute atomic E-state index is 0.0332. The van der Waals surface area contributed by atoms with Gasteiger partial charge in [0.05, 0.1) is 15.9 Å². The van der Waals surface area contributed by atoms with Crippen LogP contribution in [0.25, 0.3) is 0 Å². The smallest absolute Gasteiger partial charge is 0.288 e. The van der Waals surface area contributed by atoms with Crippen LogP contribution >= 0.6 is 11.6 Å². The molecule has 2 aromatic rings. The topological polar surface area (TPSA) is 98.3 Å². The number of nitro groups is 2. The van der Waals surface area contributed by atoms with Crippen LogP contribution in [0.4, 0.5) is 17.1 Å². The fourth-order valence-corrected chi connectivity index (χ4v) is 4.07. The summed E-state index contributed by atoms with van der Waals surface area (Å²) < 4.78 is 0. The molecule has 26 heavy (non-hydrogen) atoms. The van der Waals surface area contributed by atoms with E-state index >= 15 is 0 Å². The molecule has 8 heteroatoms. The Balaban J connectivity index is 1.78. The molecule has 0 aromatic heterocycles. The molecule has 0 saturated carbocycles. The lowest BCUT2D eigenvalue weighted by Gasteiger charge is -2.37. The third-order valence-electron chi connectivity index (χ3n) is 5.08. The van der Waals surface area contributed by atoms with Crippen LogP contribution in [0.3, 0.4) is 0 Å². The minimum atomic E-state index is -0.490. The molecule has 0 amide bonds. The predicted molar refractivity (Wildman–Crippen MR) is 97.6 cm³/mol. The monoisotopic (exact) mass is 371 g/mol. The average Bonchev–Trinajstić information content (AvgIpc) is 3.11. The summed E-state index contributed by atoms with van der Waals surface area (Å²) in [4.78, 5) is 21.4. The molecule has 0 saturated heterocycles. The van der Waals surface area contributed by atoms with Crippen molar-refractivity contribution in [2.24, 2.45) is 5.92 Å². The maximum absolute atomic E-state index is 11.2. The lowest BCUT2D eigenvalue weighted by atomic mass is 9.77. The van der Waals surface area contributed by atoms with Crippen molar-refractivity contribution in [3.8, 4) is 0 Å². The van der Waals surface area contributed by atoms with Crippen molar-refractivity contribution in [2.45, 2.75) is 18.4 Å². The van der Waals surface area contributed by atoms with Crippen molar-refractivity contribution in [3.63, 3.8) is 0 Å². The number of halogens is 1. The number of nitrogens with zero attached hydrogens (tertiary/aromatic N) is 2. The van der Waals surface area contributed by atoms with Crippen molar-refractivity contribution in [3.05, 3.63) is 84.9 Å². The first-order valence-corrected chi connectivity index (χ1v) is 8.49. The molecule has 2 aliphatic rings. The quantitative estimate of drug-likeness (QED) is 0.466. The number of allylic oxidation sites excluding steroid dienone is 2. The molecule has 0 radical (unpaired) electrons. The van der Waals surface area contributed by atoms with Crippen molar-refractivity contribution in [1.82, 2.24) is 0 Å². The Bertz CT molecular complexity index is 959. The van der Waals surface area contributed by atoms with Crippen LogP contribution in [0.1, 0.15) is 29.5 Å². The van der Waals surface area contributed by atoms with Gasteiger partial charge in [0.2, 0.25) is 0 Å². The second kappa shape index (κ2) is 6.10. The first kappa shape index (κ1) is 16.5. The highest BCUT2D eigenvalue weighted by Crippen LogP contribution is 2.50. The van der Waals surface area contributed by atoms with Crippen LogP contribution in [-0.2, 0) is 0 Å². The molecule has 1 aliphatic heterocycles. The Hall–Kier alpha value is -2.93. The van der Waals surface area contributed by atoms with Crippen molar-refractivity contribution in [2.75, 3.05) is 5.32 Å². The average molecular weight is 372 g/mol. The van der Waals surface area contributed by atoms with Gasteiger partial charge in [0.15, 0.2) is 0 Å². The molecule has 1 N–H and O–H groups in total. The van der Waals surface area contributed by atoms with Crippen molar-refractivity contribution >= 4 is 28.7 Å². The lowest BCUT2D eigenvalue weighted by Crippen LogP contribution is -2.29. The van der Waals surface area contributed by atoms with Gasteiger partial charge in [-0.1, -0.05) is 29.8 Å². The van der Waals surface area contributed by atoms with E-state index in [0.29, 0.717) is 0 Å². The SMILES string of the molecule is O=[N+]([O-])c1ccc2c(c1)C1C=CCC1C(c1ccc(Cl)c([N+](=O)[O-])c1)N2. The standard InChI is InChI=1S/C18H14ClN3O4/c19-15-6-4-10(8-17(15)22(25)26)18-13-3-1-2-12(13)14-9-11(21(23)24)5-7-16(14)20-18/h1-2,4-9,12-13,18,20H,3H2. The molecule has 4 rings (SSSR count). The molecule has 7 nitrogen and oxygen atoms in total. The number of nitro benzene ring substituents is 2. The largest absolute Gasteiger partial charge is 0.378 e. The number of benzene rings is 2. The zero-order valence-corrected chi connectivity index (χ0v) is 14.2. The van der Waals surface area contributed by atoms with E-state index < -0.39 is 9.85 Å². The predicted octanol–water partition coefficient (Wildman–Crippen LogP) is 4.98. The van der Waals surface area contributed by atoms with E-state index in [-0.39, 0.29) is 34.3 Å². The van der Waals surface area contributed by atoms with Crippen LogP contribution in [-0.4, -0.2) is 9.85 Å². The second-order valence-corrected chi connectivity index (χ2v) is 6.88. The molecule has 132 valence electrons. The molecule has 0 bridgehead atoms. The minimum Gasteiger partial charge on any atom is -0.378 e. The molecule has 0 fully saturated rings. The third-order valence-corrected chi connectivity index (χ3v) is 5.40. The van der Waals surface area contributed by atoms with Gasteiger partial charge in [-0.15, -0.1) is 0 Å². The van der Waals surface area contributed by atoms with Gasteiger partial charge >= 0.3 is 0 Å². The maximum atomic E-state index is 11.2. The second-order valence-electron chi connectivity index (χ2n) is 6.47. The number of nitrogens with one attached hydrogen (secondary N) is 1. The van der Waals surface area contributed by atoms with Crippen LogP contribution < -0.4 is 5.32 Å². The van der Waals surface area contributed by atoms with Gasteiger partial charge in [0.25, 0.3) is 11.4 Å². The Labute approximate surface area is 153 Å². The van der Waals surface area contributed by atoms with Crippen molar-refractivity contribution < 1.29 is 9.85 Å². The first-order chi connectivity index (χ1) is 12.5.